The molecule has 3 nitrogen and oxygen atoms in total. The summed E-state index contributed by atoms with van der Waals surface area (Å²) in [7, 11) is 0. The highest BCUT2D eigenvalue weighted by Crippen LogP contribution is 2.23. The van der Waals surface area contributed by atoms with Crippen LogP contribution in [0.2, 0.25) is 0 Å². The number of hydrogen-bond acceptors (Lipinski definition) is 2. The minimum Gasteiger partial charge on any atom is -0.508 e. The Labute approximate surface area is 120 Å². The van der Waals surface area contributed by atoms with Crippen LogP contribution in [0.4, 0.5) is 10.1 Å². The fourth-order valence-electron chi connectivity index (χ4n) is 2.20. The lowest BCUT2D eigenvalue weighted by Gasteiger charge is -2.09. The summed E-state index contributed by atoms with van der Waals surface area (Å²) in [6.45, 7) is 0. The van der Waals surface area contributed by atoms with Crippen molar-refractivity contribution in [2.45, 2.75) is 0 Å². The van der Waals surface area contributed by atoms with E-state index in [4.69, 9.17) is 0 Å². The number of rotatable bonds is 2. The van der Waals surface area contributed by atoms with Gasteiger partial charge in [-0.2, -0.15) is 0 Å². The molecule has 0 heterocycles. The average Bonchev–Trinajstić information content (AvgIpc) is 2.50. The number of fused-ring (bicyclic) bond motifs is 1. The molecule has 104 valence electrons. The van der Waals surface area contributed by atoms with Crippen LogP contribution in [-0.2, 0) is 0 Å². The van der Waals surface area contributed by atoms with E-state index in [9.17, 15) is 14.3 Å². The lowest BCUT2D eigenvalue weighted by Crippen LogP contribution is -2.12. The Morgan fingerprint density at radius 1 is 0.905 bits per heavy atom. The van der Waals surface area contributed by atoms with Crippen molar-refractivity contribution in [3.05, 3.63) is 72.0 Å². The van der Waals surface area contributed by atoms with Crippen molar-refractivity contribution in [1.82, 2.24) is 0 Å². The summed E-state index contributed by atoms with van der Waals surface area (Å²) >= 11 is 0. The highest BCUT2D eigenvalue weighted by Gasteiger charge is 2.12. The van der Waals surface area contributed by atoms with Crippen molar-refractivity contribution in [1.29, 1.82) is 0 Å². The number of phenolic OH excluding ortho intramolecular Hbond substituents is 1. The minimum absolute atomic E-state index is 0.125. The predicted molar refractivity (Wildman–Crippen MR) is 80.0 cm³/mol. The van der Waals surface area contributed by atoms with Gasteiger partial charge in [-0.3, -0.25) is 4.79 Å². The third-order valence-electron chi connectivity index (χ3n) is 3.24. The molecule has 0 spiro atoms. The SMILES string of the molecule is O=C(Nc1ccc(O)cc1)c1ccc(F)c2ccccc12. The monoisotopic (exact) mass is 281 g/mol. The van der Waals surface area contributed by atoms with Crippen LogP contribution >= 0.6 is 0 Å². The second-order valence-electron chi connectivity index (χ2n) is 4.64. The molecule has 0 aliphatic heterocycles. The molecular weight excluding hydrogens is 269 g/mol. The summed E-state index contributed by atoms with van der Waals surface area (Å²) in [6, 6.07) is 15.8. The molecular formula is C17H12FNO2. The van der Waals surface area contributed by atoms with E-state index < -0.39 is 0 Å². The van der Waals surface area contributed by atoms with Crippen molar-refractivity contribution >= 4 is 22.4 Å². The lowest BCUT2D eigenvalue weighted by molar-refractivity contribution is 0.102. The molecule has 0 atom stereocenters. The molecule has 0 unspecified atom stereocenters. The second kappa shape index (κ2) is 5.25. The molecule has 2 N–H and O–H groups in total. The number of amides is 1. The number of phenols is 1. The summed E-state index contributed by atoms with van der Waals surface area (Å²) in [5.41, 5.74) is 0.964. The highest BCUT2D eigenvalue weighted by atomic mass is 19.1. The third-order valence-corrected chi connectivity index (χ3v) is 3.24. The molecule has 4 heteroatoms. The molecule has 0 aliphatic rings. The standard InChI is InChI=1S/C17H12FNO2/c18-16-10-9-15(13-3-1-2-4-14(13)16)17(21)19-11-5-7-12(20)8-6-11/h1-10,20H,(H,19,21). The van der Waals surface area contributed by atoms with Gasteiger partial charge in [-0.15, -0.1) is 0 Å². The van der Waals surface area contributed by atoms with Crippen molar-refractivity contribution < 1.29 is 14.3 Å². The van der Waals surface area contributed by atoms with Gasteiger partial charge >= 0.3 is 0 Å². The van der Waals surface area contributed by atoms with Gasteiger partial charge in [0.2, 0.25) is 0 Å². The van der Waals surface area contributed by atoms with E-state index >= 15 is 0 Å². The van der Waals surface area contributed by atoms with Crippen LogP contribution in [0.15, 0.2) is 60.7 Å². The Morgan fingerprint density at radius 2 is 1.57 bits per heavy atom. The first-order chi connectivity index (χ1) is 10.1. The van der Waals surface area contributed by atoms with Crippen molar-refractivity contribution in [2.75, 3.05) is 5.32 Å². The van der Waals surface area contributed by atoms with Crippen molar-refractivity contribution in [3.8, 4) is 5.75 Å². The van der Waals surface area contributed by atoms with E-state index in [1.54, 1.807) is 36.4 Å². The zero-order valence-corrected chi connectivity index (χ0v) is 11.0. The molecule has 3 aromatic carbocycles. The maximum absolute atomic E-state index is 13.7. The number of aromatic hydroxyl groups is 1. The van der Waals surface area contributed by atoms with Gasteiger partial charge in [-0.1, -0.05) is 24.3 Å². The summed E-state index contributed by atoms with van der Waals surface area (Å²) < 4.78 is 13.7. The molecule has 1 amide bonds. The molecule has 0 radical (unpaired) electrons. The van der Waals surface area contributed by atoms with Crippen molar-refractivity contribution in [3.63, 3.8) is 0 Å². The number of carbonyl (C=O) groups excluding carboxylic acids is 1. The van der Waals surface area contributed by atoms with Gasteiger partial charge in [-0.05, 0) is 41.8 Å². The van der Waals surface area contributed by atoms with Crippen LogP contribution in [0.5, 0.6) is 5.75 Å². The molecule has 3 aromatic rings. The van der Waals surface area contributed by atoms with Gasteiger partial charge in [0.25, 0.3) is 5.91 Å². The number of hydrogen-bond donors (Lipinski definition) is 2. The van der Waals surface area contributed by atoms with Gasteiger partial charge < -0.3 is 10.4 Å². The fraction of sp³-hybridized carbons (Fsp3) is 0. The van der Waals surface area contributed by atoms with Crippen LogP contribution in [0.3, 0.4) is 0 Å². The topological polar surface area (TPSA) is 49.3 Å². The van der Waals surface area contributed by atoms with E-state index in [-0.39, 0.29) is 17.5 Å². The van der Waals surface area contributed by atoms with Crippen molar-refractivity contribution in [2.24, 2.45) is 0 Å². The Morgan fingerprint density at radius 3 is 2.29 bits per heavy atom. The smallest absolute Gasteiger partial charge is 0.256 e. The summed E-state index contributed by atoms with van der Waals surface area (Å²) in [5.74, 6) is -0.552. The van der Waals surface area contributed by atoms with E-state index in [2.05, 4.69) is 5.32 Å². The molecule has 0 fully saturated rings. The Kier molecular flexibility index (Phi) is 3.28. The van der Waals surface area contributed by atoms with E-state index in [0.29, 0.717) is 22.0 Å². The minimum atomic E-state index is -0.355. The first-order valence-corrected chi connectivity index (χ1v) is 6.43. The zero-order valence-electron chi connectivity index (χ0n) is 11.0. The Balaban J connectivity index is 1.98. The lowest BCUT2D eigenvalue weighted by atomic mass is 10.0. The van der Waals surface area contributed by atoms with Gasteiger partial charge in [0, 0.05) is 16.6 Å². The fourth-order valence-corrected chi connectivity index (χ4v) is 2.20. The number of halogens is 1. The molecule has 21 heavy (non-hydrogen) atoms. The first kappa shape index (κ1) is 13.1. The Hall–Kier alpha value is -2.88. The van der Waals surface area contributed by atoms with Crippen LogP contribution < -0.4 is 5.32 Å². The Bertz CT molecular complexity index is 813. The normalized spacial score (nSPS) is 10.5. The number of benzene rings is 3. The van der Waals surface area contributed by atoms with Crippen LogP contribution in [-0.4, -0.2) is 11.0 Å². The molecule has 0 bridgehead atoms. The van der Waals surface area contributed by atoms with Gasteiger partial charge in [0.1, 0.15) is 11.6 Å². The summed E-state index contributed by atoms with van der Waals surface area (Å²) in [4.78, 5) is 12.3. The van der Waals surface area contributed by atoms with Gasteiger partial charge in [0.15, 0.2) is 0 Å². The number of nitrogens with one attached hydrogen (secondary N) is 1. The average molecular weight is 281 g/mol. The van der Waals surface area contributed by atoms with E-state index in [1.165, 1.54) is 24.3 Å². The molecule has 3 rings (SSSR count). The van der Waals surface area contributed by atoms with E-state index in [1.807, 2.05) is 0 Å². The van der Waals surface area contributed by atoms with E-state index in [0.717, 1.165) is 0 Å². The third kappa shape index (κ3) is 2.56. The van der Waals surface area contributed by atoms with Gasteiger partial charge in [0.05, 0.1) is 0 Å². The van der Waals surface area contributed by atoms with Gasteiger partial charge in [-0.25, -0.2) is 4.39 Å². The quantitative estimate of drug-likeness (QED) is 0.699. The maximum atomic E-state index is 13.7. The molecule has 0 saturated carbocycles. The van der Waals surface area contributed by atoms with Crippen LogP contribution in [0.1, 0.15) is 10.4 Å². The second-order valence-corrected chi connectivity index (χ2v) is 4.64. The number of anilines is 1. The first-order valence-electron chi connectivity index (χ1n) is 6.43. The molecule has 0 aliphatic carbocycles. The van der Waals surface area contributed by atoms with Crippen LogP contribution in [0, 0.1) is 5.82 Å². The molecule has 0 saturated heterocycles. The number of carbonyl (C=O) groups is 1. The highest BCUT2D eigenvalue weighted by molar-refractivity contribution is 6.13. The predicted octanol–water partition coefficient (Wildman–Crippen LogP) is 3.94. The largest absolute Gasteiger partial charge is 0.508 e. The maximum Gasteiger partial charge on any atom is 0.256 e. The summed E-state index contributed by atoms with van der Waals surface area (Å²) in [5, 5.41) is 12.9. The molecule has 0 aromatic heterocycles. The summed E-state index contributed by atoms with van der Waals surface area (Å²) in [6.07, 6.45) is 0. The zero-order chi connectivity index (χ0) is 14.8. The van der Waals surface area contributed by atoms with Crippen LogP contribution in [0.25, 0.3) is 10.8 Å².